The molecule has 4 heteroatoms. The number of rotatable bonds is 5. The van der Waals surface area contributed by atoms with E-state index in [9.17, 15) is 9.90 Å². The first kappa shape index (κ1) is 11.4. The number of aliphatic carboxylic acids is 1. The minimum absolute atomic E-state index is 0.0772. The van der Waals surface area contributed by atoms with Gasteiger partial charge >= 0.3 is 0 Å². The predicted octanol–water partition coefficient (Wildman–Crippen LogP) is -1.63. The largest absolute Gasteiger partial charge is 0.544 e. The molecule has 72 valence electrons. The average Bonchev–Trinajstić information content (AvgIpc) is 1.81. The van der Waals surface area contributed by atoms with Crippen molar-refractivity contribution in [3.05, 3.63) is 0 Å². The summed E-state index contributed by atoms with van der Waals surface area (Å²) in [7, 11) is 7.72. The molecule has 0 unspecified atom stereocenters. The summed E-state index contributed by atoms with van der Waals surface area (Å²) in [5.74, 6) is -0.987. The maximum atomic E-state index is 10.3. The van der Waals surface area contributed by atoms with Gasteiger partial charge in [0.05, 0.1) is 26.6 Å². The molecule has 0 amide bonds. The van der Waals surface area contributed by atoms with E-state index in [1.54, 1.807) is 0 Å². The van der Waals surface area contributed by atoms with Crippen LogP contribution in [0.25, 0.3) is 0 Å². The fourth-order valence-corrected chi connectivity index (χ4v) is 0.899. The van der Waals surface area contributed by atoms with Crippen LogP contribution in [0, 0.1) is 0 Å². The Balaban J connectivity index is 3.78. The molecule has 0 spiro atoms. The van der Waals surface area contributed by atoms with E-state index < -0.39 is 5.97 Å². The number of carboxylic acid groups (broad SMARTS) is 1. The van der Waals surface area contributed by atoms with Crippen molar-refractivity contribution >= 4 is 5.97 Å². The van der Waals surface area contributed by atoms with Crippen LogP contribution in [-0.4, -0.2) is 63.2 Å². The van der Waals surface area contributed by atoms with Crippen LogP contribution < -0.4 is 5.11 Å². The van der Waals surface area contributed by atoms with Crippen molar-refractivity contribution < 1.29 is 14.4 Å². The summed E-state index contributed by atoms with van der Waals surface area (Å²) in [6.45, 7) is 1.79. The number of likely N-dealkylation sites (N-methyl/N-ethyl adjacent to an activating group) is 2. The van der Waals surface area contributed by atoms with Gasteiger partial charge < -0.3 is 19.3 Å². The van der Waals surface area contributed by atoms with Crippen LogP contribution in [0.3, 0.4) is 0 Å². The van der Waals surface area contributed by atoms with Gasteiger partial charge in [-0.2, -0.15) is 0 Å². The third kappa shape index (κ3) is 6.12. The molecule has 0 saturated heterocycles. The van der Waals surface area contributed by atoms with Crippen molar-refractivity contribution in [3.63, 3.8) is 0 Å². The number of carbonyl (C=O) groups is 1. The van der Waals surface area contributed by atoms with E-state index in [0.717, 1.165) is 13.1 Å². The molecular weight excluding hydrogens is 156 g/mol. The van der Waals surface area contributed by atoms with Crippen LogP contribution >= 0.6 is 0 Å². The quantitative estimate of drug-likeness (QED) is 0.470. The Kier molecular flexibility index (Phi) is 4.20. The predicted molar refractivity (Wildman–Crippen MR) is 45.4 cm³/mol. The summed E-state index contributed by atoms with van der Waals surface area (Å²) < 4.78 is 0.473. The first-order valence-corrected chi connectivity index (χ1v) is 4.00. The summed E-state index contributed by atoms with van der Waals surface area (Å²) >= 11 is 0. The Hall–Kier alpha value is -0.610. The zero-order valence-electron chi connectivity index (χ0n) is 8.33. The molecule has 0 atom stereocenters. The number of nitrogens with zero attached hydrogens (tertiary/aromatic N) is 2. The van der Waals surface area contributed by atoms with Crippen molar-refractivity contribution in [2.45, 2.75) is 0 Å². The molecule has 0 rings (SSSR count). The van der Waals surface area contributed by atoms with E-state index in [0.29, 0.717) is 4.48 Å². The van der Waals surface area contributed by atoms with Crippen LogP contribution in [0.1, 0.15) is 0 Å². The highest BCUT2D eigenvalue weighted by atomic mass is 16.4. The van der Waals surface area contributed by atoms with Crippen molar-refractivity contribution in [3.8, 4) is 0 Å². The van der Waals surface area contributed by atoms with Crippen LogP contribution in [0.2, 0.25) is 0 Å². The van der Waals surface area contributed by atoms with Gasteiger partial charge in [-0.15, -0.1) is 0 Å². The smallest absolute Gasteiger partial charge is 0.119 e. The van der Waals surface area contributed by atoms with Gasteiger partial charge in [0.1, 0.15) is 6.54 Å². The Bertz CT molecular complexity index is 155. The average molecular weight is 174 g/mol. The normalized spacial score (nSPS) is 12.1. The van der Waals surface area contributed by atoms with Gasteiger partial charge in [0.25, 0.3) is 0 Å². The van der Waals surface area contributed by atoms with Crippen LogP contribution in [-0.2, 0) is 4.79 Å². The maximum absolute atomic E-state index is 10.3. The molecule has 12 heavy (non-hydrogen) atoms. The molecule has 0 saturated carbocycles. The second-order valence-electron chi connectivity index (χ2n) is 3.99. The van der Waals surface area contributed by atoms with Crippen molar-refractivity contribution in [2.24, 2.45) is 0 Å². The molecule has 0 aromatic rings. The third-order valence-corrected chi connectivity index (χ3v) is 1.71. The zero-order chi connectivity index (χ0) is 9.78. The minimum Gasteiger partial charge on any atom is -0.544 e. The van der Waals surface area contributed by atoms with Crippen molar-refractivity contribution in [2.75, 3.05) is 47.8 Å². The summed E-state index contributed by atoms with van der Waals surface area (Å²) in [6.07, 6.45) is 0. The molecule has 4 nitrogen and oxygen atoms in total. The molecule has 0 aliphatic carbocycles. The van der Waals surface area contributed by atoms with E-state index in [1.165, 1.54) is 0 Å². The lowest BCUT2D eigenvalue weighted by atomic mass is 10.4. The Morgan fingerprint density at radius 1 is 1.42 bits per heavy atom. The van der Waals surface area contributed by atoms with Gasteiger partial charge in [-0.05, 0) is 14.1 Å². The number of hydrogen-bond donors (Lipinski definition) is 0. The van der Waals surface area contributed by atoms with Crippen LogP contribution in [0.15, 0.2) is 0 Å². The van der Waals surface area contributed by atoms with E-state index in [-0.39, 0.29) is 6.54 Å². The molecule has 0 radical (unpaired) electrons. The zero-order valence-corrected chi connectivity index (χ0v) is 8.33. The summed E-state index contributed by atoms with van der Waals surface area (Å²) in [5, 5.41) is 10.3. The number of carboxylic acids is 1. The molecule has 0 fully saturated rings. The Morgan fingerprint density at radius 2 is 1.92 bits per heavy atom. The van der Waals surface area contributed by atoms with Crippen LogP contribution in [0.4, 0.5) is 0 Å². The topological polar surface area (TPSA) is 43.4 Å². The monoisotopic (exact) mass is 174 g/mol. The van der Waals surface area contributed by atoms with Gasteiger partial charge in [-0.1, -0.05) is 0 Å². The lowest BCUT2D eigenvalue weighted by Crippen LogP contribution is -2.50. The highest BCUT2D eigenvalue weighted by Gasteiger charge is 2.14. The molecule has 0 aliphatic rings. The summed E-state index contributed by atoms with van der Waals surface area (Å²) in [5.41, 5.74) is 0. The van der Waals surface area contributed by atoms with Gasteiger partial charge in [0, 0.05) is 6.54 Å². The fraction of sp³-hybridized carbons (Fsp3) is 0.875. The minimum atomic E-state index is -0.987. The van der Waals surface area contributed by atoms with Gasteiger partial charge in [0.2, 0.25) is 0 Å². The molecule has 0 N–H and O–H groups in total. The second-order valence-corrected chi connectivity index (χ2v) is 3.99. The lowest BCUT2D eigenvalue weighted by molar-refractivity contribution is -0.884. The number of quaternary nitrogens is 1. The van der Waals surface area contributed by atoms with Gasteiger partial charge in [-0.25, -0.2) is 0 Å². The molecule has 0 aromatic heterocycles. The number of hydrogen-bond acceptors (Lipinski definition) is 3. The van der Waals surface area contributed by atoms with E-state index >= 15 is 0 Å². The Labute approximate surface area is 74.0 Å². The SMILES string of the molecule is CN(C)CC[N+](C)(C)CC(=O)[O-]. The fourth-order valence-electron chi connectivity index (χ4n) is 0.899. The lowest BCUT2D eigenvalue weighted by Gasteiger charge is -2.31. The molecular formula is C8H18N2O2. The van der Waals surface area contributed by atoms with Gasteiger partial charge in [-0.3, -0.25) is 0 Å². The van der Waals surface area contributed by atoms with E-state index in [2.05, 4.69) is 0 Å². The van der Waals surface area contributed by atoms with Gasteiger partial charge in [0.15, 0.2) is 0 Å². The molecule has 0 aromatic carbocycles. The second kappa shape index (κ2) is 4.42. The van der Waals surface area contributed by atoms with E-state index in [4.69, 9.17) is 0 Å². The Morgan fingerprint density at radius 3 is 2.25 bits per heavy atom. The maximum Gasteiger partial charge on any atom is 0.119 e. The van der Waals surface area contributed by atoms with Crippen LogP contribution in [0.5, 0.6) is 0 Å². The summed E-state index contributed by atoms with van der Waals surface area (Å²) in [6, 6.07) is 0. The van der Waals surface area contributed by atoms with E-state index in [1.807, 2.05) is 33.1 Å². The first-order valence-electron chi connectivity index (χ1n) is 4.00. The number of carbonyl (C=O) groups excluding carboxylic acids is 1. The first-order chi connectivity index (χ1) is 5.33. The molecule has 0 aliphatic heterocycles. The van der Waals surface area contributed by atoms with Crippen molar-refractivity contribution in [1.29, 1.82) is 0 Å². The molecule has 0 bridgehead atoms. The summed E-state index contributed by atoms with van der Waals surface area (Å²) in [4.78, 5) is 12.4. The third-order valence-electron chi connectivity index (χ3n) is 1.71. The highest BCUT2D eigenvalue weighted by Crippen LogP contribution is 1.95. The highest BCUT2D eigenvalue weighted by molar-refractivity contribution is 5.65. The molecule has 0 heterocycles. The standard InChI is InChI=1S/C8H18N2O2/c1-9(2)5-6-10(3,4)7-8(11)12/h5-7H2,1-4H3. The van der Waals surface area contributed by atoms with Crippen molar-refractivity contribution in [1.82, 2.24) is 4.90 Å².